The van der Waals surface area contributed by atoms with Crippen molar-refractivity contribution in [2.24, 2.45) is 5.92 Å². The lowest BCUT2D eigenvalue weighted by atomic mass is 10.00. The van der Waals surface area contributed by atoms with Crippen LogP contribution in [-0.2, 0) is 0 Å². The number of carbonyl (C=O) groups excluding carboxylic acids is 1. The van der Waals surface area contributed by atoms with E-state index in [2.05, 4.69) is 5.32 Å². The number of halogens is 1. The van der Waals surface area contributed by atoms with E-state index in [4.69, 9.17) is 16.3 Å². The number of aliphatic hydroxyl groups excluding tert-OH is 1. The zero-order valence-electron chi connectivity index (χ0n) is 12.3. The van der Waals surface area contributed by atoms with Crippen LogP contribution in [0.2, 0.25) is 5.02 Å². The fourth-order valence-electron chi connectivity index (χ4n) is 2.82. The van der Waals surface area contributed by atoms with Gasteiger partial charge in [0.1, 0.15) is 5.75 Å². The van der Waals surface area contributed by atoms with Gasteiger partial charge in [-0.1, -0.05) is 18.0 Å². The summed E-state index contributed by atoms with van der Waals surface area (Å²) in [5, 5.41) is 13.1. The van der Waals surface area contributed by atoms with Crippen molar-refractivity contribution in [3.63, 3.8) is 0 Å². The molecular weight excluding hydrogens is 290 g/mol. The van der Waals surface area contributed by atoms with E-state index in [9.17, 15) is 9.90 Å². The molecular formula is C16H22ClNO3. The Bertz CT molecular complexity index is 492. The number of aliphatic hydroxyl groups is 1. The Morgan fingerprint density at radius 2 is 2.29 bits per heavy atom. The molecule has 5 heteroatoms. The van der Waals surface area contributed by atoms with Crippen molar-refractivity contribution < 1.29 is 14.6 Å². The molecule has 1 aliphatic carbocycles. The predicted octanol–water partition coefficient (Wildman–Crippen LogP) is 3.02. The van der Waals surface area contributed by atoms with Crippen LogP contribution < -0.4 is 10.1 Å². The van der Waals surface area contributed by atoms with Crippen LogP contribution in [0.4, 0.5) is 0 Å². The van der Waals surface area contributed by atoms with Gasteiger partial charge in [-0.05, 0) is 49.8 Å². The molecule has 0 spiro atoms. The average Bonchev–Trinajstić information content (AvgIpc) is 2.89. The van der Waals surface area contributed by atoms with Crippen molar-refractivity contribution >= 4 is 17.5 Å². The van der Waals surface area contributed by atoms with Gasteiger partial charge in [0.05, 0.1) is 18.2 Å². The molecule has 0 bridgehead atoms. The second-order valence-corrected chi connectivity index (χ2v) is 5.91. The summed E-state index contributed by atoms with van der Waals surface area (Å²) in [7, 11) is 1.52. The fraction of sp³-hybridized carbons (Fsp3) is 0.562. The van der Waals surface area contributed by atoms with Crippen LogP contribution in [0, 0.1) is 5.92 Å². The van der Waals surface area contributed by atoms with Gasteiger partial charge < -0.3 is 15.2 Å². The zero-order valence-corrected chi connectivity index (χ0v) is 13.0. The number of rotatable bonds is 6. The van der Waals surface area contributed by atoms with Gasteiger partial charge in [-0.25, -0.2) is 0 Å². The lowest BCUT2D eigenvalue weighted by Crippen LogP contribution is -2.25. The lowest BCUT2D eigenvalue weighted by Gasteiger charge is -2.14. The van der Waals surface area contributed by atoms with Crippen LogP contribution in [-0.4, -0.2) is 30.8 Å². The first-order valence-electron chi connectivity index (χ1n) is 7.41. The van der Waals surface area contributed by atoms with Crippen LogP contribution in [0.5, 0.6) is 5.75 Å². The highest BCUT2D eigenvalue weighted by atomic mass is 35.5. The number of carbonyl (C=O) groups is 1. The van der Waals surface area contributed by atoms with E-state index >= 15 is 0 Å². The summed E-state index contributed by atoms with van der Waals surface area (Å²) < 4.78 is 5.10. The van der Waals surface area contributed by atoms with E-state index < -0.39 is 0 Å². The lowest BCUT2D eigenvalue weighted by molar-refractivity contribution is 0.0949. The molecule has 1 amide bonds. The number of hydrogen-bond acceptors (Lipinski definition) is 3. The summed E-state index contributed by atoms with van der Waals surface area (Å²) in [6, 6.07) is 4.98. The monoisotopic (exact) mass is 311 g/mol. The summed E-state index contributed by atoms with van der Waals surface area (Å²) in [4.78, 5) is 12.0. The van der Waals surface area contributed by atoms with Gasteiger partial charge in [0.2, 0.25) is 0 Å². The number of amides is 1. The van der Waals surface area contributed by atoms with Crippen molar-refractivity contribution in [1.82, 2.24) is 5.32 Å². The van der Waals surface area contributed by atoms with E-state index in [0.717, 1.165) is 32.1 Å². The minimum Gasteiger partial charge on any atom is -0.495 e. The number of benzene rings is 1. The van der Waals surface area contributed by atoms with Gasteiger partial charge in [-0.2, -0.15) is 0 Å². The summed E-state index contributed by atoms with van der Waals surface area (Å²) in [6.07, 6.45) is 4.83. The largest absolute Gasteiger partial charge is 0.495 e. The van der Waals surface area contributed by atoms with Gasteiger partial charge in [0, 0.05) is 12.1 Å². The van der Waals surface area contributed by atoms with Crippen molar-refractivity contribution in [1.29, 1.82) is 0 Å². The minimum atomic E-state index is -0.152. The first-order valence-corrected chi connectivity index (χ1v) is 7.79. The normalized spacial score (nSPS) is 21.3. The van der Waals surface area contributed by atoms with E-state index in [1.165, 1.54) is 7.11 Å². The van der Waals surface area contributed by atoms with Gasteiger partial charge >= 0.3 is 0 Å². The first kappa shape index (κ1) is 16.1. The summed E-state index contributed by atoms with van der Waals surface area (Å²) in [5.41, 5.74) is 0.539. The minimum absolute atomic E-state index is 0.128. The molecule has 0 radical (unpaired) electrons. The van der Waals surface area contributed by atoms with Gasteiger partial charge in [-0.15, -0.1) is 0 Å². The van der Waals surface area contributed by atoms with Crippen molar-refractivity contribution in [2.75, 3.05) is 13.7 Å². The Morgan fingerprint density at radius 3 is 2.95 bits per heavy atom. The van der Waals surface area contributed by atoms with Gasteiger partial charge in [0.15, 0.2) is 0 Å². The molecule has 2 atom stereocenters. The smallest absolute Gasteiger partial charge is 0.251 e. The maximum atomic E-state index is 12.0. The molecule has 21 heavy (non-hydrogen) atoms. The molecule has 1 aliphatic rings. The molecule has 1 fully saturated rings. The maximum absolute atomic E-state index is 12.0. The maximum Gasteiger partial charge on any atom is 0.251 e. The molecule has 1 aromatic carbocycles. The fourth-order valence-corrected chi connectivity index (χ4v) is 3.02. The second kappa shape index (κ2) is 7.66. The molecule has 2 rings (SSSR count). The van der Waals surface area contributed by atoms with Crippen molar-refractivity contribution in [3.8, 4) is 5.75 Å². The topological polar surface area (TPSA) is 58.6 Å². The molecule has 0 aliphatic heterocycles. The molecule has 0 saturated heterocycles. The Kier molecular flexibility index (Phi) is 5.88. The third kappa shape index (κ3) is 4.35. The van der Waals surface area contributed by atoms with E-state index in [1.54, 1.807) is 18.2 Å². The van der Waals surface area contributed by atoms with Crippen LogP contribution >= 0.6 is 11.6 Å². The number of ether oxygens (including phenoxy) is 1. The Balaban J connectivity index is 1.76. The van der Waals surface area contributed by atoms with E-state index in [1.807, 2.05) is 0 Å². The quantitative estimate of drug-likeness (QED) is 0.794. The highest BCUT2D eigenvalue weighted by molar-refractivity contribution is 6.32. The Morgan fingerprint density at radius 1 is 1.48 bits per heavy atom. The summed E-state index contributed by atoms with van der Waals surface area (Å²) in [5.74, 6) is 0.771. The number of methoxy groups -OCH3 is 1. The van der Waals surface area contributed by atoms with Crippen LogP contribution in [0.25, 0.3) is 0 Å². The zero-order chi connectivity index (χ0) is 15.2. The van der Waals surface area contributed by atoms with Gasteiger partial charge in [-0.3, -0.25) is 4.79 Å². The molecule has 4 nitrogen and oxygen atoms in total. The van der Waals surface area contributed by atoms with Gasteiger partial charge in [0.25, 0.3) is 5.91 Å². The average molecular weight is 312 g/mol. The molecule has 116 valence electrons. The number of nitrogens with one attached hydrogen (secondary N) is 1. The third-order valence-electron chi connectivity index (χ3n) is 4.07. The molecule has 0 aromatic heterocycles. The van der Waals surface area contributed by atoms with E-state index in [0.29, 0.717) is 28.8 Å². The molecule has 0 unspecified atom stereocenters. The standard InChI is InChI=1S/C16H22ClNO3/c1-21-15-10-12(7-8-13(15)17)16(20)18-9-3-5-11-4-2-6-14(11)19/h7-8,10-11,14,19H,2-6,9H2,1H3,(H,18,20)/t11-,14+/m0/s1. The highest BCUT2D eigenvalue weighted by Gasteiger charge is 2.24. The summed E-state index contributed by atoms with van der Waals surface area (Å²) >= 11 is 5.93. The van der Waals surface area contributed by atoms with Crippen molar-refractivity contribution in [3.05, 3.63) is 28.8 Å². The first-order chi connectivity index (χ1) is 10.1. The third-order valence-corrected chi connectivity index (χ3v) is 4.38. The molecule has 1 aromatic rings. The Hall–Kier alpha value is -1.26. The van der Waals surface area contributed by atoms with Crippen LogP contribution in [0.15, 0.2) is 18.2 Å². The van der Waals surface area contributed by atoms with E-state index in [-0.39, 0.29) is 12.0 Å². The second-order valence-electron chi connectivity index (χ2n) is 5.51. The summed E-state index contributed by atoms with van der Waals surface area (Å²) in [6.45, 7) is 0.618. The number of hydrogen-bond donors (Lipinski definition) is 2. The molecule has 2 N–H and O–H groups in total. The molecule has 0 heterocycles. The van der Waals surface area contributed by atoms with Crippen LogP contribution in [0.1, 0.15) is 42.5 Å². The Labute approximate surface area is 130 Å². The molecule has 1 saturated carbocycles. The highest BCUT2D eigenvalue weighted by Crippen LogP contribution is 2.29. The SMILES string of the molecule is COc1cc(C(=O)NCCC[C@@H]2CCC[C@H]2O)ccc1Cl. The predicted molar refractivity (Wildman–Crippen MR) is 82.9 cm³/mol. The van der Waals surface area contributed by atoms with Crippen LogP contribution in [0.3, 0.4) is 0 Å². The van der Waals surface area contributed by atoms with Crippen molar-refractivity contribution in [2.45, 2.75) is 38.2 Å².